The lowest BCUT2D eigenvalue weighted by Gasteiger charge is -2.41. The van der Waals surface area contributed by atoms with Gasteiger partial charge in [0.2, 0.25) is 0 Å². The number of hydrazine groups is 1. The van der Waals surface area contributed by atoms with E-state index in [0.717, 1.165) is 5.56 Å². The van der Waals surface area contributed by atoms with E-state index in [0.29, 0.717) is 0 Å². The molecule has 0 unspecified atom stereocenters. The molecule has 0 bridgehead atoms. The number of rotatable bonds is 3. The summed E-state index contributed by atoms with van der Waals surface area (Å²) in [5.74, 6) is 0. The van der Waals surface area contributed by atoms with Gasteiger partial charge >= 0.3 is 0 Å². The van der Waals surface area contributed by atoms with E-state index in [9.17, 15) is 0 Å². The van der Waals surface area contributed by atoms with Gasteiger partial charge in [0.15, 0.2) is 12.4 Å². The first-order valence-corrected chi connectivity index (χ1v) is 7.98. The second kappa shape index (κ2) is 5.37. The van der Waals surface area contributed by atoms with Crippen molar-refractivity contribution in [2.24, 2.45) is 12.1 Å². The molecule has 4 heteroatoms. The van der Waals surface area contributed by atoms with Crippen molar-refractivity contribution in [1.82, 2.24) is 5.53 Å². The molecular weight excluding hydrogens is 284 g/mol. The van der Waals surface area contributed by atoms with Crippen LogP contribution in [0.2, 0.25) is 0 Å². The van der Waals surface area contributed by atoms with Gasteiger partial charge in [0.05, 0.1) is 17.4 Å². The van der Waals surface area contributed by atoms with Crippen LogP contribution in [-0.4, -0.2) is 11.8 Å². The molecule has 0 fully saturated rings. The molecule has 23 heavy (non-hydrogen) atoms. The highest BCUT2D eigenvalue weighted by Gasteiger charge is 2.51. The molecule has 0 spiro atoms. The number of benzene rings is 1. The molecule has 120 valence electrons. The minimum Gasteiger partial charge on any atom is -0.265 e. The summed E-state index contributed by atoms with van der Waals surface area (Å²) >= 11 is 0. The molecular formula is C19H25N4+. The Kier molecular flexibility index (Phi) is 3.63. The summed E-state index contributed by atoms with van der Waals surface area (Å²) in [4.78, 5) is 0. The van der Waals surface area contributed by atoms with E-state index in [1.54, 1.807) is 0 Å². The highest BCUT2D eigenvalue weighted by molar-refractivity contribution is 5.79. The van der Waals surface area contributed by atoms with Gasteiger partial charge in [-0.05, 0) is 25.5 Å². The molecule has 4 nitrogen and oxygen atoms in total. The molecule has 0 saturated carbocycles. The largest absolute Gasteiger partial charge is 0.265 e. The Morgan fingerprint density at radius 1 is 1.04 bits per heavy atom. The fraction of sp³-hybridized carbons (Fsp3) is 0.368. The van der Waals surface area contributed by atoms with Crippen molar-refractivity contribution in [3.63, 3.8) is 0 Å². The molecule has 0 amide bonds. The van der Waals surface area contributed by atoms with Crippen LogP contribution in [0, 0.1) is 0 Å². The van der Waals surface area contributed by atoms with E-state index in [1.807, 2.05) is 42.4 Å². The Hall–Kier alpha value is -2.36. The summed E-state index contributed by atoms with van der Waals surface area (Å²) in [7, 11) is 2.00. The lowest BCUT2D eigenvalue weighted by Crippen LogP contribution is -2.55. The van der Waals surface area contributed by atoms with Crippen molar-refractivity contribution in [3.05, 3.63) is 59.9 Å². The van der Waals surface area contributed by atoms with Crippen LogP contribution >= 0.6 is 0 Å². The van der Waals surface area contributed by atoms with Crippen LogP contribution in [-0.2, 0) is 12.5 Å². The molecule has 1 aromatic carbocycles. The second-order valence-corrected chi connectivity index (χ2v) is 7.19. The van der Waals surface area contributed by atoms with Crippen LogP contribution in [0.3, 0.4) is 0 Å². The fourth-order valence-corrected chi connectivity index (χ4v) is 3.05. The van der Waals surface area contributed by atoms with Crippen molar-refractivity contribution in [2.75, 3.05) is 5.01 Å². The molecule has 2 heterocycles. The van der Waals surface area contributed by atoms with Crippen LogP contribution in [0.15, 0.2) is 53.9 Å². The number of fused-ring (bicyclic) bond motifs is 1. The van der Waals surface area contributed by atoms with Crippen LogP contribution in [0.4, 0.5) is 5.69 Å². The summed E-state index contributed by atoms with van der Waals surface area (Å²) in [6, 6.07) is 12.6. The summed E-state index contributed by atoms with van der Waals surface area (Å²) in [5.41, 5.74) is 6.80. The molecule has 1 aliphatic rings. The minimum absolute atomic E-state index is 0.0343. The van der Waals surface area contributed by atoms with E-state index in [-0.39, 0.29) is 11.0 Å². The summed E-state index contributed by atoms with van der Waals surface area (Å²) in [6.07, 6.45) is 5.88. The number of nitrogens with one attached hydrogen (secondary N) is 1. The number of hydrogen-bond acceptors (Lipinski definition) is 3. The minimum atomic E-state index is -0.0862. The SMILES string of the molecule is C[n+]1ccc(C=NNN2c3ccccc3C(C)(C)C2(C)C)cc1. The third-order valence-electron chi connectivity index (χ3n) is 5.28. The second-order valence-electron chi connectivity index (χ2n) is 7.19. The van der Waals surface area contributed by atoms with Crippen molar-refractivity contribution in [3.8, 4) is 0 Å². The van der Waals surface area contributed by atoms with Crippen LogP contribution in [0.25, 0.3) is 0 Å². The average Bonchev–Trinajstić information content (AvgIpc) is 2.67. The van der Waals surface area contributed by atoms with E-state index in [1.165, 1.54) is 11.3 Å². The molecule has 3 rings (SSSR count). The van der Waals surface area contributed by atoms with Crippen molar-refractivity contribution < 1.29 is 4.57 Å². The predicted molar refractivity (Wildman–Crippen MR) is 94.4 cm³/mol. The Morgan fingerprint density at radius 3 is 2.39 bits per heavy atom. The third-order valence-corrected chi connectivity index (χ3v) is 5.28. The van der Waals surface area contributed by atoms with Gasteiger partial charge in [0.1, 0.15) is 7.05 Å². The third kappa shape index (κ3) is 2.48. The van der Waals surface area contributed by atoms with E-state index in [2.05, 4.69) is 67.6 Å². The number of para-hydroxylation sites is 1. The normalized spacial score (nSPS) is 18.2. The van der Waals surface area contributed by atoms with Gasteiger partial charge in [-0.2, -0.15) is 5.10 Å². The number of aryl methyl sites for hydroxylation is 1. The molecule has 2 aromatic rings. The van der Waals surface area contributed by atoms with Crippen LogP contribution in [0.1, 0.15) is 38.8 Å². The molecule has 0 saturated heterocycles. The molecule has 0 radical (unpaired) electrons. The maximum Gasteiger partial charge on any atom is 0.169 e. The average molecular weight is 309 g/mol. The molecule has 0 aliphatic carbocycles. The van der Waals surface area contributed by atoms with Gasteiger partial charge in [0, 0.05) is 23.1 Å². The van der Waals surface area contributed by atoms with Crippen LogP contribution < -0.4 is 15.1 Å². The number of nitrogens with zero attached hydrogens (tertiary/aromatic N) is 3. The summed E-state index contributed by atoms with van der Waals surface area (Å²) < 4.78 is 2.01. The van der Waals surface area contributed by atoms with E-state index < -0.39 is 0 Å². The number of aromatic nitrogens is 1. The fourth-order valence-electron chi connectivity index (χ4n) is 3.05. The Balaban J connectivity index is 1.86. The van der Waals surface area contributed by atoms with Crippen molar-refractivity contribution >= 4 is 11.9 Å². The standard InChI is InChI=1S/C19H24N4/c1-18(2)16-8-6-7-9-17(16)23(19(18,3)4)21-20-14-15-10-12-22(5)13-11-15/h6-14H,1-5H3/p+1. The van der Waals surface area contributed by atoms with Gasteiger partial charge in [-0.25, -0.2) is 10.1 Å². The van der Waals surface area contributed by atoms with Gasteiger partial charge in [-0.3, -0.25) is 5.01 Å². The molecule has 1 aromatic heterocycles. The van der Waals surface area contributed by atoms with Gasteiger partial charge in [0.25, 0.3) is 0 Å². The maximum absolute atomic E-state index is 4.46. The number of anilines is 1. The predicted octanol–water partition coefficient (Wildman–Crippen LogP) is 2.93. The number of hydrogen-bond donors (Lipinski definition) is 1. The lowest BCUT2D eigenvalue weighted by molar-refractivity contribution is -0.671. The van der Waals surface area contributed by atoms with E-state index in [4.69, 9.17) is 0 Å². The smallest absolute Gasteiger partial charge is 0.169 e. The Labute approximate surface area is 138 Å². The van der Waals surface area contributed by atoms with Crippen molar-refractivity contribution in [2.45, 2.75) is 38.6 Å². The monoisotopic (exact) mass is 309 g/mol. The number of pyridine rings is 1. The lowest BCUT2D eigenvalue weighted by atomic mass is 9.73. The van der Waals surface area contributed by atoms with Gasteiger partial charge < -0.3 is 0 Å². The first-order chi connectivity index (χ1) is 10.8. The molecule has 1 aliphatic heterocycles. The highest BCUT2D eigenvalue weighted by Crippen LogP contribution is 2.50. The number of hydrazone groups is 1. The maximum atomic E-state index is 4.46. The zero-order chi connectivity index (χ0) is 16.7. The quantitative estimate of drug-likeness (QED) is 0.537. The van der Waals surface area contributed by atoms with E-state index >= 15 is 0 Å². The van der Waals surface area contributed by atoms with Gasteiger partial charge in [-0.15, -0.1) is 0 Å². The molecule has 0 atom stereocenters. The Bertz CT molecular complexity index is 729. The topological polar surface area (TPSA) is 31.5 Å². The van der Waals surface area contributed by atoms with Crippen LogP contribution in [0.5, 0.6) is 0 Å². The van der Waals surface area contributed by atoms with Gasteiger partial charge in [-0.1, -0.05) is 32.0 Å². The van der Waals surface area contributed by atoms with Crippen molar-refractivity contribution in [1.29, 1.82) is 0 Å². The summed E-state index contributed by atoms with van der Waals surface area (Å²) in [5, 5.41) is 6.62. The molecule has 1 N–H and O–H groups in total. The highest BCUT2D eigenvalue weighted by atomic mass is 15.7. The summed E-state index contributed by atoms with van der Waals surface area (Å²) in [6.45, 7) is 9.07. The first-order valence-electron chi connectivity index (χ1n) is 7.98. The zero-order valence-electron chi connectivity index (χ0n) is 14.5. The first kappa shape index (κ1) is 15.5. The zero-order valence-corrected chi connectivity index (χ0v) is 14.5. The Morgan fingerprint density at radius 2 is 1.70 bits per heavy atom.